The number of methoxy groups -OCH3 is 4. The van der Waals surface area contributed by atoms with Crippen molar-refractivity contribution >= 4 is 0 Å². The van der Waals surface area contributed by atoms with Gasteiger partial charge in [0.25, 0.3) is 0 Å². The van der Waals surface area contributed by atoms with E-state index in [2.05, 4.69) is 16.3 Å². The summed E-state index contributed by atoms with van der Waals surface area (Å²) in [7, 11) is 6.21. The van der Waals surface area contributed by atoms with E-state index in [9.17, 15) is 5.26 Å². The molecule has 0 saturated heterocycles. The summed E-state index contributed by atoms with van der Waals surface area (Å²) in [5.41, 5.74) is 9.17. The summed E-state index contributed by atoms with van der Waals surface area (Å²) in [6.07, 6.45) is 0. The number of rotatable bonds is 6. The molecule has 0 bridgehead atoms. The molecule has 2 heterocycles. The third-order valence-electron chi connectivity index (χ3n) is 5.32. The first kappa shape index (κ1) is 20.9. The van der Waals surface area contributed by atoms with Gasteiger partial charge in [-0.15, -0.1) is 5.10 Å². The Balaban J connectivity index is 1.96. The van der Waals surface area contributed by atoms with Gasteiger partial charge in [0.05, 0.1) is 45.6 Å². The van der Waals surface area contributed by atoms with Crippen molar-refractivity contribution in [3.05, 3.63) is 59.0 Å². The van der Waals surface area contributed by atoms with Gasteiger partial charge in [0.1, 0.15) is 17.4 Å². The molecular weight excluding hydrogens is 412 g/mol. The van der Waals surface area contributed by atoms with Gasteiger partial charge in [0.2, 0.25) is 17.5 Å². The van der Waals surface area contributed by atoms with E-state index in [4.69, 9.17) is 29.4 Å². The van der Waals surface area contributed by atoms with Crippen LogP contribution in [0.4, 0.5) is 0 Å². The number of hydrogen-bond acceptors (Lipinski definition) is 8. The van der Waals surface area contributed by atoms with Gasteiger partial charge in [-0.05, 0) is 29.8 Å². The van der Waals surface area contributed by atoms with E-state index in [1.54, 1.807) is 33.5 Å². The van der Waals surface area contributed by atoms with Crippen molar-refractivity contribution < 1.29 is 23.7 Å². The summed E-state index contributed by atoms with van der Waals surface area (Å²) < 4.78 is 27.5. The van der Waals surface area contributed by atoms with Crippen LogP contribution in [-0.4, -0.2) is 38.6 Å². The van der Waals surface area contributed by atoms with E-state index in [1.165, 1.54) is 7.11 Å². The molecule has 32 heavy (non-hydrogen) atoms. The number of benzene rings is 2. The number of fused-ring (bicyclic) bond motifs is 1. The number of aromatic amines is 1. The molecule has 0 spiro atoms. The Labute approximate surface area is 184 Å². The van der Waals surface area contributed by atoms with Gasteiger partial charge in [-0.25, -0.2) is 0 Å². The largest absolute Gasteiger partial charge is 0.497 e. The molecule has 9 heteroatoms. The zero-order valence-corrected chi connectivity index (χ0v) is 18.1. The highest BCUT2D eigenvalue weighted by molar-refractivity contribution is 5.75. The number of nitrogens with zero attached hydrogens (tertiary/aromatic N) is 2. The summed E-state index contributed by atoms with van der Waals surface area (Å²) >= 11 is 0. The monoisotopic (exact) mass is 434 g/mol. The maximum atomic E-state index is 9.89. The summed E-state index contributed by atoms with van der Waals surface area (Å²) in [5, 5.41) is 17.2. The van der Waals surface area contributed by atoms with Gasteiger partial charge in [0, 0.05) is 5.56 Å². The summed E-state index contributed by atoms with van der Waals surface area (Å²) in [5.74, 6) is 1.87. The van der Waals surface area contributed by atoms with E-state index >= 15 is 0 Å². The molecule has 1 aromatic heterocycles. The van der Waals surface area contributed by atoms with Gasteiger partial charge in [-0.2, -0.15) is 5.26 Å². The van der Waals surface area contributed by atoms with Crippen LogP contribution in [0.15, 0.2) is 47.9 Å². The summed E-state index contributed by atoms with van der Waals surface area (Å²) in [4.78, 5) is 0. The lowest BCUT2D eigenvalue weighted by Gasteiger charge is -2.24. The van der Waals surface area contributed by atoms with E-state index in [0.29, 0.717) is 39.8 Å². The molecule has 4 rings (SSSR count). The second kappa shape index (κ2) is 8.43. The molecule has 3 N–H and O–H groups in total. The van der Waals surface area contributed by atoms with E-state index in [0.717, 1.165) is 5.56 Å². The molecule has 0 fully saturated rings. The van der Waals surface area contributed by atoms with Gasteiger partial charge in [-0.1, -0.05) is 12.1 Å². The van der Waals surface area contributed by atoms with Crippen molar-refractivity contribution in [2.45, 2.75) is 5.92 Å². The number of nitrogens with one attached hydrogen (secondary N) is 1. The standard InChI is InChI=1S/C23H22N4O5/c1-28-14-7-5-6-12(8-14)18-15(11-24)22(25)32-23-19(18)20(26-27-23)13-9-16(29-2)21(31-4)17(10-13)30-3/h5-10,18H,25H2,1-4H3,(H,26,27)/t18-/m1/s1. The highest BCUT2D eigenvalue weighted by Gasteiger charge is 2.36. The number of ether oxygens (including phenoxy) is 5. The topological polar surface area (TPSA) is 125 Å². The highest BCUT2D eigenvalue weighted by atomic mass is 16.5. The Kier molecular flexibility index (Phi) is 5.52. The normalized spacial score (nSPS) is 14.8. The van der Waals surface area contributed by atoms with Crippen molar-refractivity contribution in [3.8, 4) is 46.2 Å². The minimum Gasteiger partial charge on any atom is -0.497 e. The van der Waals surface area contributed by atoms with Crippen LogP contribution in [0.25, 0.3) is 11.3 Å². The zero-order valence-electron chi connectivity index (χ0n) is 18.1. The smallest absolute Gasteiger partial charge is 0.244 e. The van der Waals surface area contributed by atoms with E-state index in [1.807, 2.05) is 24.3 Å². The molecule has 0 radical (unpaired) electrons. The predicted molar refractivity (Wildman–Crippen MR) is 116 cm³/mol. The Morgan fingerprint density at radius 1 is 1.03 bits per heavy atom. The first-order chi connectivity index (χ1) is 15.6. The van der Waals surface area contributed by atoms with Crippen LogP contribution in [0, 0.1) is 11.3 Å². The van der Waals surface area contributed by atoms with Gasteiger partial charge in [0.15, 0.2) is 11.5 Å². The van der Waals surface area contributed by atoms with Crippen LogP contribution in [0.3, 0.4) is 0 Å². The average molecular weight is 434 g/mol. The second-order valence-corrected chi connectivity index (χ2v) is 6.93. The maximum Gasteiger partial charge on any atom is 0.244 e. The van der Waals surface area contributed by atoms with Crippen LogP contribution in [-0.2, 0) is 0 Å². The van der Waals surface area contributed by atoms with E-state index in [-0.39, 0.29) is 17.3 Å². The quantitative estimate of drug-likeness (QED) is 0.605. The molecule has 3 aromatic rings. The Bertz CT molecular complexity index is 1220. The van der Waals surface area contributed by atoms with E-state index < -0.39 is 5.92 Å². The van der Waals surface area contributed by atoms with Gasteiger partial charge >= 0.3 is 0 Å². The molecule has 0 saturated carbocycles. The summed E-state index contributed by atoms with van der Waals surface area (Å²) in [6, 6.07) is 13.2. The lowest BCUT2D eigenvalue weighted by Crippen LogP contribution is -2.21. The summed E-state index contributed by atoms with van der Waals surface area (Å²) in [6.45, 7) is 0. The zero-order chi connectivity index (χ0) is 22.8. The fourth-order valence-corrected chi connectivity index (χ4v) is 3.84. The number of H-pyrrole nitrogens is 1. The Morgan fingerprint density at radius 3 is 2.34 bits per heavy atom. The molecule has 0 aliphatic carbocycles. The average Bonchev–Trinajstić information content (AvgIpc) is 3.25. The molecule has 1 atom stereocenters. The fraction of sp³-hybridized carbons (Fsp3) is 0.217. The highest BCUT2D eigenvalue weighted by Crippen LogP contribution is 2.48. The minimum atomic E-state index is -0.522. The SMILES string of the molecule is COc1cccc([C@@H]2C(C#N)=C(N)Oc3n[nH]c(-c4cc(OC)c(OC)c(OC)c4)c32)c1. The molecule has 164 valence electrons. The maximum absolute atomic E-state index is 9.89. The Morgan fingerprint density at radius 2 is 1.75 bits per heavy atom. The third-order valence-corrected chi connectivity index (χ3v) is 5.32. The molecular formula is C23H22N4O5. The lowest BCUT2D eigenvalue weighted by atomic mass is 9.83. The van der Waals surface area contributed by atoms with Crippen LogP contribution in [0.1, 0.15) is 17.0 Å². The number of nitriles is 1. The first-order valence-corrected chi connectivity index (χ1v) is 9.66. The Hall–Kier alpha value is -4.32. The van der Waals surface area contributed by atoms with Crippen LogP contribution >= 0.6 is 0 Å². The van der Waals surface area contributed by atoms with Crippen molar-refractivity contribution in [2.24, 2.45) is 5.73 Å². The third kappa shape index (κ3) is 3.32. The van der Waals surface area contributed by atoms with Gasteiger partial charge < -0.3 is 29.4 Å². The number of hydrogen-bond donors (Lipinski definition) is 2. The number of aromatic nitrogens is 2. The minimum absolute atomic E-state index is 0.00996. The number of allylic oxidation sites excluding steroid dienone is 1. The molecule has 1 aliphatic heterocycles. The van der Waals surface area contributed by atoms with Crippen molar-refractivity contribution in [2.75, 3.05) is 28.4 Å². The van der Waals surface area contributed by atoms with Crippen molar-refractivity contribution in [3.63, 3.8) is 0 Å². The first-order valence-electron chi connectivity index (χ1n) is 9.66. The van der Waals surface area contributed by atoms with Gasteiger partial charge in [-0.3, -0.25) is 5.10 Å². The van der Waals surface area contributed by atoms with Crippen LogP contribution < -0.4 is 29.4 Å². The molecule has 1 aliphatic rings. The molecule has 0 unspecified atom stereocenters. The van der Waals surface area contributed by atoms with Crippen LogP contribution in [0.5, 0.6) is 28.9 Å². The van der Waals surface area contributed by atoms with Crippen LogP contribution in [0.2, 0.25) is 0 Å². The molecule has 0 amide bonds. The molecule has 2 aromatic carbocycles. The lowest BCUT2D eigenvalue weighted by molar-refractivity contribution is 0.324. The number of nitrogens with two attached hydrogens (primary N) is 1. The fourth-order valence-electron chi connectivity index (χ4n) is 3.84. The predicted octanol–water partition coefficient (Wildman–Crippen LogP) is 3.33. The second-order valence-electron chi connectivity index (χ2n) is 6.93. The van der Waals surface area contributed by atoms with Crippen molar-refractivity contribution in [1.82, 2.24) is 10.2 Å². The van der Waals surface area contributed by atoms with Crippen molar-refractivity contribution in [1.29, 1.82) is 5.26 Å². The molecule has 9 nitrogen and oxygen atoms in total.